The Morgan fingerprint density at radius 2 is 1.96 bits per heavy atom. The lowest BCUT2D eigenvalue weighted by molar-refractivity contribution is 0.149. The van der Waals surface area contributed by atoms with Gasteiger partial charge in [0.15, 0.2) is 0 Å². The Balaban J connectivity index is 1.67. The molecule has 0 bridgehead atoms. The summed E-state index contributed by atoms with van der Waals surface area (Å²) in [6, 6.07) is 7.65. The van der Waals surface area contributed by atoms with Crippen LogP contribution in [-0.4, -0.2) is 21.1 Å². The van der Waals surface area contributed by atoms with E-state index in [1.165, 1.54) is 19.3 Å². The molecule has 6 heteroatoms. The van der Waals surface area contributed by atoms with Gasteiger partial charge >= 0.3 is 0 Å². The van der Waals surface area contributed by atoms with Crippen LogP contribution in [0.15, 0.2) is 36.8 Å². The molecule has 1 aromatic carbocycles. The molecule has 0 unspecified atom stereocenters. The zero-order valence-electron chi connectivity index (χ0n) is 14.9. The Morgan fingerprint density at radius 1 is 1.12 bits per heavy atom. The molecule has 0 atom stereocenters. The molecule has 2 aromatic heterocycles. The average molecular weight is 349 g/mol. The highest BCUT2D eigenvalue weighted by molar-refractivity contribution is 5.95. The molecule has 6 nitrogen and oxygen atoms in total. The highest BCUT2D eigenvalue weighted by atomic mass is 16.5. The van der Waals surface area contributed by atoms with E-state index in [9.17, 15) is 0 Å². The predicted octanol–water partition coefficient (Wildman–Crippen LogP) is 4.37. The van der Waals surface area contributed by atoms with Gasteiger partial charge in [-0.1, -0.05) is 6.42 Å². The topological polar surface area (TPSA) is 86.0 Å². The minimum absolute atomic E-state index is 0.239. The van der Waals surface area contributed by atoms with Crippen molar-refractivity contribution in [2.24, 2.45) is 0 Å². The number of rotatable bonds is 4. The molecule has 0 aliphatic heterocycles. The number of hydrogen-bond donors (Lipinski definition) is 2. The van der Waals surface area contributed by atoms with Gasteiger partial charge in [0, 0.05) is 17.3 Å². The SMILES string of the molecule is Cc1cc(N)cc2ncnc(Nc3cccnc3OC3CCCCC3)c12. The van der Waals surface area contributed by atoms with Crippen molar-refractivity contribution >= 4 is 28.1 Å². The molecular formula is C20H23N5O. The normalized spacial score (nSPS) is 15.1. The van der Waals surface area contributed by atoms with Crippen LogP contribution in [0.2, 0.25) is 0 Å². The second-order valence-electron chi connectivity index (χ2n) is 6.81. The van der Waals surface area contributed by atoms with Gasteiger partial charge in [0.2, 0.25) is 5.88 Å². The van der Waals surface area contributed by atoms with E-state index in [0.717, 1.165) is 40.8 Å². The highest BCUT2D eigenvalue weighted by Crippen LogP contribution is 2.32. The van der Waals surface area contributed by atoms with Crippen LogP contribution in [0.3, 0.4) is 0 Å². The molecule has 1 fully saturated rings. The van der Waals surface area contributed by atoms with Crippen molar-refractivity contribution in [2.75, 3.05) is 11.1 Å². The summed E-state index contributed by atoms with van der Waals surface area (Å²) in [5.74, 6) is 1.35. The van der Waals surface area contributed by atoms with Gasteiger partial charge in [-0.25, -0.2) is 15.0 Å². The summed E-state index contributed by atoms with van der Waals surface area (Å²) in [5, 5.41) is 4.34. The van der Waals surface area contributed by atoms with Crippen LogP contribution in [0, 0.1) is 6.92 Å². The first kappa shape index (κ1) is 16.6. The second-order valence-corrected chi connectivity index (χ2v) is 6.81. The molecule has 1 saturated carbocycles. The van der Waals surface area contributed by atoms with Crippen LogP contribution < -0.4 is 15.8 Å². The van der Waals surface area contributed by atoms with Gasteiger partial charge in [0.25, 0.3) is 0 Å². The number of aryl methyl sites for hydroxylation is 1. The predicted molar refractivity (Wildman–Crippen MR) is 104 cm³/mol. The van der Waals surface area contributed by atoms with E-state index in [0.29, 0.717) is 11.6 Å². The zero-order chi connectivity index (χ0) is 17.9. The third-order valence-corrected chi connectivity index (χ3v) is 4.81. The van der Waals surface area contributed by atoms with E-state index >= 15 is 0 Å². The Bertz CT molecular complexity index is 921. The van der Waals surface area contributed by atoms with E-state index in [2.05, 4.69) is 20.3 Å². The number of nitrogens with two attached hydrogens (primary N) is 1. The molecule has 26 heavy (non-hydrogen) atoms. The summed E-state index contributed by atoms with van der Waals surface area (Å²) in [6.45, 7) is 2.01. The molecule has 0 amide bonds. The number of hydrogen-bond acceptors (Lipinski definition) is 6. The third kappa shape index (κ3) is 3.40. The van der Waals surface area contributed by atoms with Crippen molar-refractivity contribution in [1.82, 2.24) is 15.0 Å². The van der Waals surface area contributed by atoms with Gasteiger partial charge in [0.1, 0.15) is 23.9 Å². The number of pyridine rings is 1. The zero-order valence-corrected chi connectivity index (χ0v) is 14.9. The first-order valence-corrected chi connectivity index (χ1v) is 9.10. The largest absolute Gasteiger partial charge is 0.473 e. The Labute approximate surface area is 152 Å². The van der Waals surface area contributed by atoms with Crippen molar-refractivity contribution in [3.8, 4) is 5.88 Å². The average Bonchev–Trinajstić information content (AvgIpc) is 2.64. The Morgan fingerprint density at radius 3 is 2.81 bits per heavy atom. The minimum Gasteiger partial charge on any atom is -0.473 e. The lowest BCUT2D eigenvalue weighted by atomic mass is 9.98. The Kier molecular flexibility index (Phi) is 4.56. The van der Waals surface area contributed by atoms with Crippen molar-refractivity contribution < 1.29 is 4.74 Å². The maximum atomic E-state index is 6.18. The van der Waals surface area contributed by atoms with E-state index in [4.69, 9.17) is 10.5 Å². The number of ether oxygens (including phenoxy) is 1. The first-order chi connectivity index (χ1) is 12.7. The fourth-order valence-electron chi connectivity index (χ4n) is 3.56. The molecule has 4 rings (SSSR count). The maximum Gasteiger partial charge on any atom is 0.238 e. The molecule has 2 heterocycles. The summed E-state index contributed by atoms with van der Waals surface area (Å²) in [5.41, 5.74) is 9.30. The number of nitrogens with one attached hydrogen (secondary N) is 1. The lowest BCUT2D eigenvalue weighted by Crippen LogP contribution is -2.20. The molecule has 1 aliphatic carbocycles. The fourth-order valence-corrected chi connectivity index (χ4v) is 3.56. The van der Waals surface area contributed by atoms with Crippen LogP contribution in [-0.2, 0) is 0 Å². The third-order valence-electron chi connectivity index (χ3n) is 4.81. The van der Waals surface area contributed by atoms with Gasteiger partial charge in [-0.3, -0.25) is 0 Å². The molecule has 134 valence electrons. The number of anilines is 3. The number of nitrogen functional groups attached to an aromatic ring is 1. The van der Waals surface area contributed by atoms with E-state index in [1.54, 1.807) is 12.5 Å². The summed E-state index contributed by atoms with van der Waals surface area (Å²) >= 11 is 0. The summed E-state index contributed by atoms with van der Waals surface area (Å²) < 4.78 is 6.18. The summed E-state index contributed by atoms with van der Waals surface area (Å²) in [4.78, 5) is 13.2. The highest BCUT2D eigenvalue weighted by Gasteiger charge is 2.18. The number of aromatic nitrogens is 3. The molecule has 1 aliphatic rings. The standard InChI is InChI=1S/C20H23N5O/c1-13-10-14(21)11-17-18(13)19(24-12-23-17)25-16-8-5-9-22-20(16)26-15-6-3-2-4-7-15/h5,8-12,15H,2-4,6-7,21H2,1H3,(H,23,24,25). The molecule has 0 spiro atoms. The van der Waals surface area contributed by atoms with Crippen molar-refractivity contribution in [2.45, 2.75) is 45.1 Å². The molecule has 0 radical (unpaired) electrons. The molecule has 3 aromatic rings. The van der Waals surface area contributed by atoms with E-state index in [-0.39, 0.29) is 6.10 Å². The second kappa shape index (κ2) is 7.15. The van der Waals surface area contributed by atoms with Crippen molar-refractivity contribution in [1.29, 1.82) is 0 Å². The molecule has 3 N–H and O–H groups in total. The summed E-state index contributed by atoms with van der Waals surface area (Å²) in [7, 11) is 0. The first-order valence-electron chi connectivity index (χ1n) is 9.10. The fraction of sp³-hybridized carbons (Fsp3) is 0.350. The van der Waals surface area contributed by atoms with E-state index in [1.807, 2.05) is 31.2 Å². The Hall–Kier alpha value is -2.89. The van der Waals surface area contributed by atoms with Crippen LogP contribution >= 0.6 is 0 Å². The van der Waals surface area contributed by atoms with Gasteiger partial charge in [0.05, 0.1) is 5.52 Å². The van der Waals surface area contributed by atoms with Gasteiger partial charge in [-0.2, -0.15) is 0 Å². The molecule has 0 saturated heterocycles. The van der Waals surface area contributed by atoms with Crippen LogP contribution in [0.1, 0.15) is 37.7 Å². The number of nitrogens with zero attached hydrogens (tertiary/aromatic N) is 3. The van der Waals surface area contributed by atoms with Crippen LogP contribution in [0.5, 0.6) is 5.88 Å². The van der Waals surface area contributed by atoms with Crippen molar-refractivity contribution in [3.05, 3.63) is 42.4 Å². The monoisotopic (exact) mass is 349 g/mol. The smallest absolute Gasteiger partial charge is 0.238 e. The van der Waals surface area contributed by atoms with Crippen LogP contribution in [0.4, 0.5) is 17.2 Å². The maximum absolute atomic E-state index is 6.18. The summed E-state index contributed by atoms with van der Waals surface area (Å²) in [6.07, 6.45) is 9.45. The minimum atomic E-state index is 0.239. The van der Waals surface area contributed by atoms with E-state index < -0.39 is 0 Å². The van der Waals surface area contributed by atoms with Crippen LogP contribution in [0.25, 0.3) is 10.9 Å². The van der Waals surface area contributed by atoms with Crippen molar-refractivity contribution in [3.63, 3.8) is 0 Å². The van der Waals surface area contributed by atoms with Gasteiger partial charge in [-0.15, -0.1) is 0 Å². The molecular weight excluding hydrogens is 326 g/mol. The van der Waals surface area contributed by atoms with Gasteiger partial charge in [-0.05, 0) is 62.4 Å². The number of fused-ring (bicyclic) bond motifs is 1. The number of benzene rings is 1. The lowest BCUT2D eigenvalue weighted by Gasteiger charge is -2.23. The van der Waals surface area contributed by atoms with Gasteiger partial charge < -0.3 is 15.8 Å². The quantitative estimate of drug-likeness (QED) is 0.680.